The minimum Gasteiger partial charge on any atom is -0.476 e. The van der Waals surface area contributed by atoms with Crippen LogP contribution >= 0.6 is 0 Å². The van der Waals surface area contributed by atoms with Gasteiger partial charge >= 0.3 is 5.97 Å². The summed E-state index contributed by atoms with van der Waals surface area (Å²) < 4.78 is 4.99. The zero-order valence-electron chi connectivity index (χ0n) is 7.41. The van der Waals surface area contributed by atoms with Crippen LogP contribution in [0.25, 0.3) is 0 Å². The van der Waals surface area contributed by atoms with E-state index in [9.17, 15) is 4.79 Å². The van der Waals surface area contributed by atoms with Crippen LogP contribution in [-0.4, -0.2) is 16.2 Å². The maximum absolute atomic E-state index is 10.7. The fourth-order valence-corrected chi connectivity index (χ4v) is 1.74. The van der Waals surface area contributed by atoms with Gasteiger partial charge in [0.15, 0.2) is 5.69 Å². The predicted molar refractivity (Wildman–Crippen MR) is 44.7 cm³/mol. The summed E-state index contributed by atoms with van der Waals surface area (Å²) in [6.45, 7) is 2.13. The Bertz CT molecular complexity index is 343. The Kier molecular flexibility index (Phi) is 1.83. The maximum atomic E-state index is 10.7. The van der Waals surface area contributed by atoms with E-state index in [0.29, 0.717) is 5.92 Å². The highest BCUT2D eigenvalue weighted by atomic mass is 16.5. The molecule has 4 heteroatoms. The van der Waals surface area contributed by atoms with Gasteiger partial charge in [-0.3, -0.25) is 0 Å². The van der Waals surface area contributed by atoms with Crippen LogP contribution in [-0.2, 0) is 12.8 Å². The van der Waals surface area contributed by atoms with Crippen LogP contribution < -0.4 is 0 Å². The van der Waals surface area contributed by atoms with E-state index in [4.69, 9.17) is 9.63 Å². The average molecular weight is 181 g/mol. The van der Waals surface area contributed by atoms with Gasteiger partial charge in [-0.25, -0.2) is 4.79 Å². The molecule has 1 aliphatic rings. The van der Waals surface area contributed by atoms with Crippen LogP contribution in [0.2, 0.25) is 0 Å². The van der Waals surface area contributed by atoms with Crippen molar-refractivity contribution in [2.45, 2.75) is 26.2 Å². The fraction of sp³-hybridized carbons (Fsp3) is 0.556. The summed E-state index contributed by atoms with van der Waals surface area (Å²) in [6, 6.07) is 0. The van der Waals surface area contributed by atoms with Crippen molar-refractivity contribution >= 4 is 5.97 Å². The Labute approximate surface area is 75.5 Å². The van der Waals surface area contributed by atoms with Crippen LogP contribution in [0.1, 0.15) is 35.2 Å². The third-order valence-corrected chi connectivity index (χ3v) is 2.49. The van der Waals surface area contributed by atoms with Gasteiger partial charge in [-0.1, -0.05) is 12.1 Å². The van der Waals surface area contributed by atoms with E-state index in [2.05, 4.69) is 12.1 Å². The fourth-order valence-electron chi connectivity index (χ4n) is 1.74. The number of rotatable bonds is 1. The quantitative estimate of drug-likeness (QED) is 0.713. The van der Waals surface area contributed by atoms with Crippen molar-refractivity contribution in [3.05, 3.63) is 17.0 Å². The smallest absolute Gasteiger partial charge is 0.358 e. The van der Waals surface area contributed by atoms with E-state index in [-0.39, 0.29) is 5.69 Å². The lowest BCUT2D eigenvalue weighted by atomic mass is 9.89. The molecule has 4 nitrogen and oxygen atoms in total. The minimum absolute atomic E-state index is 0.0990. The van der Waals surface area contributed by atoms with Gasteiger partial charge in [0.1, 0.15) is 5.76 Å². The second-order valence-electron chi connectivity index (χ2n) is 3.59. The molecule has 2 rings (SSSR count). The van der Waals surface area contributed by atoms with Crippen LogP contribution in [0.4, 0.5) is 0 Å². The molecule has 0 saturated carbocycles. The topological polar surface area (TPSA) is 63.3 Å². The lowest BCUT2D eigenvalue weighted by Gasteiger charge is -2.15. The Hall–Kier alpha value is -1.32. The molecule has 0 fully saturated rings. The van der Waals surface area contributed by atoms with Gasteiger partial charge in [0.05, 0.1) is 0 Å². The van der Waals surface area contributed by atoms with E-state index in [1.54, 1.807) is 0 Å². The van der Waals surface area contributed by atoms with Gasteiger partial charge in [0.2, 0.25) is 0 Å². The summed E-state index contributed by atoms with van der Waals surface area (Å²) in [5.74, 6) is 0.345. The van der Waals surface area contributed by atoms with Crippen molar-refractivity contribution in [2.75, 3.05) is 0 Å². The molecule has 1 atom stereocenters. The molecule has 0 amide bonds. The zero-order chi connectivity index (χ0) is 9.42. The molecule has 0 spiro atoms. The lowest BCUT2D eigenvalue weighted by Crippen LogP contribution is -2.12. The van der Waals surface area contributed by atoms with Crippen LogP contribution in [0.5, 0.6) is 0 Å². The Morgan fingerprint density at radius 3 is 3.15 bits per heavy atom. The molecule has 1 heterocycles. The van der Waals surface area contributed by atoms with Crippen molar-refractivity contribution in [3.8, 4) is 0 Å². The molecule has 1 N–H and O–H groups in total. The molecule has 1 aromatic rings. The first kappa shape index (κ1) is 8.29. The molecule has 1 unspecified atom stereocenters. The Morgan fingerprint density at radius 2 is 2.46 bits per heavy atom. The second kappa shape index (κ2) is 2.87. The number of carboxylic acid groups (broad SMARTS) is 1. The molecule has 0 bridgehead atoms. The number of fused-ring (bicyclic) bond motifs is 1. The normalized spacial score (nSPS) is 21.2. The summed E-state index contributed by atoms with van der Waals surface area (Å²) in [6.07, 6.45) is 2.62. The van der Waals surface area contributed by atoms with E-state index in [1.165, 1.54) is 0 Å². The maximum Gasteiger partial charge on any atom is 0.358 e. The Balaban J connectivity index is 2.39. The van der Waals surface area contributed by atoms with E-state index < -0.39 is 5.97 Å². The number of hydrogen-bond donors (Lipinski definition) is 1. The first-order valence-corrected chi connectivity index (χ1v) is 4.39. The number of nitrogens with zero attached hydrogens (tertiary/aromatic N) is 1. The molecule has 0 aliphatic heterocycles. The number of aromatic carboxylic acids is 1. The predicted octanol–water partition coefficient (Wildman–Crippen LogP) is 1.50. The summed E-state index contributed by atoms with van der Waals surface area (Å²) in [7, 11) is 0. The van der Waals surface area contributed by atoms with Crippen molar-refractivity contribution in [1.29, 1.82) is 0 Å². The van der Waals surface area contributed by atoms with Crippen molar-refractivity contribution in [2.24, 2.45) is 5.92 Å². The zero-order valence-corrected chi connectivity index (χ0v) is 7.41. The van der Waals surface area contributed by atoms with E-state index in [0.717, 1.165) is 30.6 Å². The van der Waals surface area contributed by atoms with Crippen LogP contribution in [0.15, 0.2) is 4.52 Å². The summed E-state index contributed by atoms with van der Waals surface area (Å²) in [5, 5.41) is 12.3. The number of hydrogen-bond acceptors (Lipinski definition) is 3. The molecule has 70 valence electrons. The molecule has 0 saturated heterocycles. The highest BCUT2D eigenvalue weighted by Gasteiger charge is 2.26. The number of carboxylic acids is 1. The Morgan fingerprint density at radius 1 is 1.69 bits per heavy atom. The van der Waals surface area contributed by atoms with Gasteiger partial charge in [0.25, 0.3) is 0 Å². The lowest BCUT2D eigenvalue weighted by molar-refractivity contribution is 0.0684. The highest BCUT2D eigenvalue weighted by molar-refractivity contribution is 5.87. The standard InChI is InChI=1S/C9H11NO3/c1-5-2-3-6-7(4-5)13-10-8(6)9(11)12/h5H,2-4H2,1H3,(H,11,12). The molecule has 1 aromatic heterocycles. The van der Waals surface area contributed by atoms with Gasteiger partial charge in [-0.05, 0) is 18.8 Å². The van der Waals surface area contributed by atoms with Crippen molar-refractivity contribution in [1.82, 2.24) is 5.16 Å². The molecule has 13 heavy (non-hydrogen) atoms. The van der Waals surface area contributed by atoms with Crippen LogP contribution in [0, 0.1) is 5.92 Å². The number of aromatic nitrogens is 1. The third-order valence-electron chi connectivity index (χ3n) is 2.49. The summed E-state index contributed by atoms with van der Waals surface area (Å²) >= 11 is 0. The van der Waals surface area contributed by atoms with Crippen molar-refractivity contribution in [3.63, 3.8) is 0 Å². The molecule has 1 aliphatic carbocycles. The summed E-state index contributed by atoms with van der Waals surface area (Å²) in [5.41, 5.74) is 0.896. The highest BCUT2D eigenvalue weighted by Crippen LogP contribution is 2.27. The second-order valence-corrected chi connectivity index (χ2v) is 3.59. The van der Waals surface area contributed by atoms with Gasteiger partial charge in [-0.2, -0.15) is 0 Å². The number of carbonyl (C=O) groups is 1. The minimum atomic E-state index is -0.987. The van der Waals surface area contributed by atoms with Gasteiger partial charge in [0, 0.05) is 12.0 Å². The van der Waals surface area contributed by atoms with E-state index >= 15 is 0 Å². The largest absolute Gasteiger partial charge is 0.476 e. The van der Waals surface area contributed by atoms with E-state index in [1.807, 2.05) is 0 Å². The first-order chi connectivity index (χ1) is 6.18. The molecule has 0 aromatic carbocycles. The average Bonchev–Trinajstić information content (AvgIpc) is 2.46. The van der Waals surface area contributed by atoms with Crippen molar-refractivity contribution < 1.29 is 14.4 Å². The van der Waals surface area contributed by atoms with Gasteiger partial charge < -0.3 is 9.63 Å². The first-order valence-electron chi connectivity index (χ1n) is 4.39. The van der Waals surface area contributed by atoms with Crippen LogP contribution in [0.3, 0.4) is 0 Å². The summed E-state index contributed by atoms with van der Waals surface area (Å²) in [4.78, 5) is 10.7. The molecular weight excluding hydrogens is 170 g/mol. The molecular formula is C9H11NO3. The monoisotopic (exact) mass is 181 g/mol. The molecule has 0 radical (unpaired) electrons. The van der Waals surface area contributed by atoms with Gasteiger partial charge in [-0.15, -0.1) is 0 Å². The third kappa shape index (κ3) is 1.32. The SMILES string of the molecule is CC1CCc2c(C(=O)O)noc2C1.